The Bertz CT molecular complexity index is 1030. The number of imidazole rings is 1. The molecule has 0 aliphatic carbocycles. The first kappa shape index (κ1) is 18.9. The van der Waals surface area contributed by atoms with Gasteiger partial charge < -0.3 is 25.3 Å². The quantitative estimate of drug-likeness (QED) is 0.621. The van der Waals surface area contributed by atoms with Crippen LogP contribution in [0, 0.1) is 0 Å². The molecule has 3 amide bonds. The van der Waals surface area contributed by atoms with Gasteiger partial charge in [-0.2, -0.15) is 0 Å². The van der Waals surface area contributed by atoms with Gasteiger partial charge in [0.05, 0.1) is 17.6 Å². The number of nitrogens with one attached hydrogen (secondary N) is 3. The van der Waals surface area contributed by atoms with Gasteiger partial charge >= 0.3 is 6.03 Å². The first-order valence-corrected chi connectivity index (χ1v) is 9.58. The van der Waals surface area contributed by atoms with Crippen molar-refractivity contribution in [3.63, 3.8) is 0 Å². The van der Waals surface area contributed by atoms with Gasteiger partial charge in [-0.1, -0.05) is 18.2 Å². The molecule has 4 rings (SSSR count). The van der Waals surface area contributed by atoms with Gasteiger partial charge in [0.15, 0.2) is 0 Å². The Balaban J connectivity index is 1.42. The van der Waals surface area contributed by atoms with Crippen molar-refractivity contribution >= 4 is 34.3 Å². The van der Waals surface area contributed by atoms with Gasteiger partial charge in [0.2, 0.25) is 5.91 Å². The molecule has 2 aromatic carbocycles. The normalized spacial score (nSPS) is 16.0. The Kier molecular flexibility index (Phi) is 5.44. The average molecular weight is 393 g/mol. The number of aryl methyl sites for hydroxylation is 1. The first-order chi connectivity index (χ1) is 14.1. The second-order valence-corrected chi connectivity index (χ2v) is 6.96. The minimum Gasteiger partial charge on any atom is -0.368 e. The molecular weight excluding hydrogens is 370 g/mol. The van der Waals surface area contributed by atoms with E-state index < -0.39 is 0 Å². The molecule has 0 spiro atoms. The van der Waals surface area contributed by atoms with E-state index in [0.717, 1.165) is 29.7 Å². The molecule has 3 aromatic rings. The molecule has 0 unspecified atom stereocenters. The highest BCUT2D eigenvalue weighted by atomic mass is 16.5. The lowest BCUT2D eigenvalue weighted by Gasteiger charge is -2.10. The Morgan fingerprint density at radius 2 is 1.93 bits per heavy atom. The molecule has 8 nitrogen and oxygen atoms in total. The summed E-state index contributed by atoms with van der Waals surface area (Å²) in [5.74, 6) is 0.631. The third kappa shape index (κ3) is 4.38. The number of benzene rings is 2. The van der Waals surface area contributed by atoms with Crippen LogP contribution in [0.4, 0.5) is 16.2 Å². The summed E-state index contributed by atoms with van der Waals surface area (Å²) in [6, 6.07) is 14.4. The van der Waals surface area contributed by atoms with Crippen LogP contribution in [0.1, 0.15) is 18.7 Å². The summed E-state index contributed by atoms with van der Waals surface area (Å²) in [4.78, 5) is 28.9. The van der Waals surface area contributed by atoms with Crippen molar-refractivity contribution in [3.8, 4) is 0 Å². The zero-order chi connectivity index (χ0) is 20.2. The maximum absolute atomic E-state index is 12.2. The van der Waals surface area contributed by atoms with Crippen LogP contribution in [0.5, 0.6) is 0 Å². The number of ether oxygens (including phenoxy) is 1. The van der Waals surface area contributed by atoms with Crippen LogP contribution in [-0.2, 0) is 23.1 Å². The molecule has 1 atom stereocenters. The minimum atomic E-state index is -0.358. The maximum atomic E-state index is 12.2. The second-order valence-electron chi connectivity index (χ2n) is 6.96. The van der Waals surface area contributed by atoms with Gasteiger partial charge in [0.1, 0.15) is 11.9 Å². The van der Waals surface area contributed by atoms with Gasteiger partial charge in [-0.05, 0) is 43.2 Å². The van der Waals surface area contributed by atoms with Crippen molar-refractivity contribution in [1.82, 2.24) is 14.9 Å². The monoisotopic (exact) mass is 393 g/mol. The molecule has 0 bridgehead atoms. The van der Waals surface area contributed by atoms with Crippen LogP contribution in [0.2, 0.25) is 0 Å². The number of aromatic nitrogens is 2. The van der Waals surface area contributed by atoms with Crippen LogP contribution < -0.4 is 16.0 Å². The van der Waals surface area contributed by atoms with E-state index in [1.165, 1.54) is 0 Å². The standard InChI is InChI=1S/C21H23N5O3/c1-26-17-10-9-15(24-21(28)23-14-6-3-2-4-7-14)12-16(17)25-19(26)13-22-20(27)18-8-5-11-29-18/h2-4,6-7,9-10,12,18H,5,8,11,13H2,1H3,(H,22,27)(H2,23,24,28)/t18-/m1/s1. The number of para-hydroxylation sites is 1. The zero-order valence-corrected chi connectivity index (χ0v) is 16.1. The van der Waals surface area contributed by atoms with Crippen molar-refractivity contribution in [3.05, 3.63) is 54.4 Å². The van der Waals surface area contributed by atoms with Crippen LogP contribution in [0.25, 0.3) is 11.0 Å². The number of hydrogen-bond donors (Lipinski definition) is 3. The number of amides is 3. The SMILES string of the molecule is Cn1c(CNC(=O)[C@H]2CCCO2)nc2cc(NC(=O)Nc3ccccc3)ccc21. The summed E-state index contributed by atoms with van der Waals surface area (Å²) in [6.45, 7) is 0.957. The molecule has 1 aliphatic rings. The molecule has 1 aromatic heterocycles. The number of urea groups is 1. The largest absolute Gasteiger partial charge is 0.368 e. The highest BCUT2D eigenvalue weighted by Crippen LogP contribution is 2.20. The maximum Gasteiger partial charge on any atom is 0.323 e. The first-order valence-electron chi connectivity index (χ1n) is 9.58. The Morgan fingerprint density at radius 3 is 2.69 bits per heavy atom. The van der Waals surface area contributed by atoms with E-state index >= 15 is 0 Å². The molecule has 150 valence electrons. The fraction of sp³-hybridized carbons (Fsp3) is 0.286. The summed E-state index contributed by atoms with van der Waals surface area (Å²) >= 11 is 0. The molecule has 8 heteroatoms. The molecule has 0 radical (unpaired) electrons. The lowest BCUT2D eigenvalue weighted by Crippen LogP contribution is -2.34. The smallest absolute Gasteiger partial charge is 0.323 e. The molecule has 1 aliphatic heterocycles. The van der Waals surface area contributed by atoms with E-state index in [1.54, 1.807) is 0 Å². The fourth-order valence-electron chi connectivity index (χ4n) is 3.36. The van der Waals surface area contributed by atoms with Crippen molar-refractivity contribution in [2.45, 2.75) is 25.5 Å². The topological polar surface area (TPSA) is 97.3 Å². The summed E-state index contributed by atoms with van der Waals surface area (Å²) in [7, 11) is 1.90. The molecule has 1 fully saturated rings. The predicted octanol–water partition coefficient (Wildman–Crippen LogP) is 3.01. The molecular formula is C21H23N5O3. The van der Waals surface area contributed by atoms with Crippen molar-refractivity contribution < 1.29 is 14.3 Å². The molecule has 29 heavy (non-hydrogen) atoms. The van der Waals surface area contributed by atoms with Crippen molar-refractivity contribution in [2.24, 2.45) is 7.05 Å². The van der Waals surface area contributed by atoms with Gasteiger partial charge in [0, 0.05) is 25.0 Å². The summed E-state index contributed by atoms with van der Waals surface area (Å²) in [5.41, 5.74) is 3.01. The number of fused-ring (bicyclic) bond motifs is 1. The zero-order valence-electron chi connectivity index (χ0n) is 16.1. The van der Waals surface area contributed by atoms with Crippen molar-refractivity contribution in [1.29, 1.82) is 0 Å². The summed E-state index contributed by atoms with van der Waals surface area (Å²) in [6.07, 6.45) is 1.32. The van der Waals surface area contributed by atoms with E-state index in [-0.39, 0.29) is 18.0 Å². The highest BCUT2D eigenvalue weighted by molar-refractivity contribution is 6.00. The van der Waals surface area contributed by atoms with E-state index in [4.69, 9.17) is 4.74 Å². The third-order valence-corrected chi connectivity index (χ3v) is 4.91. The van der Waals surface area contributed by atoms with E-state index in [0.29, 0.717) is 24.5 Å². The van der Waals surface area contributed by atoms with Crippen LogP contribution in [0.3, 0.4) is 0 Å². The number of rotatable bonds is 5. The van der Waals surface area contributed by atoms with E-state index in [9.17, 15) is 9.59 Å². The average Bonchev–Trinajstić information content (AvgIpc) is 3.35. The van der Waals surface area contributed by atoms with Gasteiger partial charge in [0.25, 0.3) is 0 Å². The molecule has 1 saturated heterocycles. The van der Waals surface area contributed by atoms with Crippen LogP contribution in [0.15, 0.2) is 48.5 Å². The van der Waals surface area contributed by atoms with Gasteiger partial charge in [-0.3, -0.25) is 4.79 Å². The van der Waals surface area contributed by atoms with Gasteiger partial charge in [-0.15, -0.1) is 0 Å². The minimum absolute atomic E-state index is 0.102. The predicted molar refractivity (Wildman–Crippen MR) is 111 cm³/mol. The Labute approximate surface area is 168 Å². The molecule has 2 heterocycles. The number of anilines is 2. The second kappa shape index (κ2) is 8.32. The highest BCUT2D eigenvalue weighted by Gasteiger charge is 2.23. The lowest BCUT2D eigenvalue weighted by atomic mass is 10.2. The number of carbonyl (C=O) groups is 2. The Hall–Kier alpha value is -3.39. The number of hydrogen-bond acceptors (Lipinski definition) is 4. The van der Waals surface area contributed by atoms with Crippen LogP contribution in [-0.4, -0.2) is 34.2 Å². The fourth-order valence-corrected chi connectivity index (χ4v) is 3.36. The van der Waals surface area contributed by atoms with Crippen LogP contribution >= 0.6 is 0 Å². The lowest BCUT2D eigenvalue weighted by molar-refractivity contribution is -0.130. The summed E-state index contributed by atoms with van der Waals surface area (Å²) < 4.78 is 7.33. The summed E-state index contributed by atoms with van der Waals surface area (Å²) in [5, 5.41) is 8.48. The van der Waals surface area contributed by atoms with Gasteiger partial charge in [-0.25, -0.2) is 9.78 Å². The number of carbonyl (C=O) groups excluding carboxylic acids is 2. The molecule has 0 saturated carbocycles. The number of nitrogens with zero attached hydrogens (tertiary/aromatic N) is 2. The Morgan fingerprint density at radius 1 is 1.14 bits per heavy atom. The third-order valence-electron chi connectivity index (χ3n) is 4.91. The molecule has 3 N–H and O–H groups in total. The van der Waals surface area contributed by atoms with E-state index in [1.807, 2.05) is 60.1 Å². The van der Waals surface area contributed by atoms with Crippen molar-refractivity contribution in [2.75, 3.05) is 17.2 Å². The van der Waals surface area contributed by atoms with E-state index in [2.05, 4.69) is 20.9 Å².